The highest BCUT2D eigenvalue weighted by atomic mass is 79.9. The Morgan fingerprint density at radius 3 is 2.67 bits per heavy atom. The Morgan fingerprint density at radius 1 is 1.42 bits per heavy atom. The average Bonchev–Trinajstić information content (AvgIpc) is 2.79. The molecule has 128 valence electrons. The molecule has 1 fully saturated rings. The highest BCUT2D eigenvalue weighted by Gasteiger charge is 2.30. The Balaban J connectivity index is 2.44. The zero-order valence-corrected chi connectivity index (χ0v) is 16.2. The van der Waals surface area contributed by atoms with Crippen LogP contribution in [0.3, 0.4) is 0 Å². The second-order valence-electron chi connectivity index (χ2n) is 4.83. The van der Waals surface area contributed by atoms with Crippen LogP contribution in [0.5, 0.6) is 11.5 Å². The van der Waals surface area contributed by atoms with Gasteiger partial charge in [-0.2, -0.15) is 0 Å². The summed E-state index contributed by atoms with van der Waals surface area (Å²) in [6, 6.07) is 3.38. The van der Waals surface area contributed by atoms with Gasteiger partial charge in [0.05, 0.1) is 11.5 Å². The molecule has 0 atom stereocenters. The lowest BCUT2D eigenvalue weighted by Gasteiger charge is -2.12. The van der Waals surface area contributed by atoms with Crippen molar-refractivity contribution in [3.05, 3.63) is 27.1 Å². The number of likely N-dealkylation sites (N-methyl/N-ethyl adjacent to an activating group) is 1. The molecule has 6 nitrogen and oxygen atoms in total. The number of benzene rings is 1. The van der Waals surface area contributed by atoms with Crippen LogP contribution in [-0.2, 0) is 9.59 Å². The van der Waals surface area contributed by atoms with E-state index in [1.54, 1.807) is 32.3 Å². The molecule has 0 unspecified atom stereocenters. The molecule has 1 amide bonds. The predicted octanol–water partition coefficient (Wildman–Crippen LogP) is 3.31. The fourth-order valence-corrected chi connectivity index (χ4v) is 3.41. The van der Waals surface area contributed by atoms with Gasteiger partial charge in [-0.25, -0.2) is 0 Å². The van der Waals surface area contributed by atoms with E-state index in [0.717, 1.165) is 5.56 Å². The number of halogens is 1. The monoisotopic (exact) mass is 412 g/mol. The maximum absolute atomic E-state index is 12.3. The number of ether oxygens (including phenoxy) is 2. The number of amides is 1. The minimum Gasteiger partial charge on any atom is -0.490 e. The summed E-state index contributed by atoms with van der Waals surface area (Å²) in [6.45, 7) is 3.59. The second-order valence-corrected chi connectivity index (χ2v) is 6.69. The summed E-state index contributed by atoms with van der Waals surface area (Å²) in [4.78, 5) is 29.6. The molecule has 1 aliphatic rings. The minimum absolute atomic E-state index is 0.116. The van der Waals surface area contributed by atoms with E-state index in [1.807, 2.05) is 6.92 Å². The van der Waals surface area contributed by atoms with E-state index in [0.29, 0.717) is 32.7 Å². The van der Waals surface area contributed by atoms with Crippen molar-refractivity contribution < 1.29 is 19.1 Å². The molecule has 0 N–H and O–H groups in total. The summed E-state index contributed by atoms with van der Waals surface area (Å²) in [5.41, 5.74) is 0.746. The predicted molar refractivity (Wildman–Crippen MR) is 98.3 cm³/mol. The van der Waals surface area contributed by atoms with E-state index in [2.05, 4.69) is 20.9 Å². The largest absolute Gasteiger partial charge is 0.490 e. The molecule has 1 aromatic carbocycles. The number of aliphatic imine (C=N–C) groups is 1. The van der Waals surface area contributed by atoms with Crippen LogP contribution in [0.2, 0.25) is 0 Å². The molecule has 8 heteroatoms. The van der Waals surface area contributed by atoms with Crippen molar-refractivity contribution in [1.29, 1.82) is 0 Å². The van der Waals surface area contributed by atoms with Crippen LogP contribution in [0.25, 0.3) is 6.08 Å². The Hall–Kier alpha value is -1.80. The average molecular weight is 413 g/mol. The van der Waals surface area contributed by atoms with Crippen molar-refractivity contribution in [2.24, 2.45) is 4.99 Å². The molecular weight excluding hydrogens is 396 g/mol. The van der Waals surface area contributed by atoms with E-state index in [1.165, 1.54) is 23.6 Å². The van der Waals surface area contributed by atoms with Crippen molar-refractivity contribution >= 4 is 50.8 Å². The van der Waals surface area contributed by atoms with Crippen LogP contribution in [0.4, 0.5) is 0 Å². The first-order chi connectivity index (χ1) is 11.4. The fourth-order valence-electron chi connectivity index (χ4n) is 2.06. The van der Waals surface area contributed by atoms with Gasteiger partial charge in [0.25, 0.3) is 5.91 Å². The molecule has 1 aromatic rings. The number of rotatable bonds is 4. The smallest absolute Gasteiger partial charge is 0.308 e. The van der Waals surface area contributed by atoms with Gasteiger partial charge in [0.15, 0.2) is 16.7 Å². The number of amidine groups is 1. The lowest BCUT2D eigenvalue weighted by molar-refractivity contribution is -0.132. The van der Waals surface area contributed by atoms with Crippen LogP contribution >= 0.6 is 27.7 Å². The third-order valence-corrected chi connectivity index (χ3v) is 4.94. The van der Waals surface area contributed by atoms with Crippen LogP contribution in [0.1, 0.15) is 19.4 Å². The number of thioether (sulfide) groups is 1. The number of esters is 1. The van der Waals surface area contributed by atoms with Crippen LogP contribution in [0, 0.1) is 0 Å². The molecule has 0 aromatic heterocycles. The third-order valence-electron chi connectivity index (χ3n) is 3.10. The fraction of sp³-hybridized carbons (Fsp3) is 0.312. The van der Waals surface area contributed by atoms with Gasteiger partial charge in [-0.3, -0.25) is 19.5 Å². The maximum Gasteiger partial charge on any atom is 0.308 e. The molecular formula is C16H17BrN2O4S. The van der Waals surface area contributed by atoms with E-state index in [4.69, 9.17) is 9.47 Å². The van der Waals surface area contributed by atoms with Crippen LogP contribution < -0.4 is 9.47 Å². The van der Waals surface area contributed by atoms with Crippen molar-refractivity contribution in [3.8, 4) is 11.5 Å². The van der Waals surface area contributed by atoms with Crippen molar-refractivity contribution in [2.75, 3.05) is 20.7 Å². The van der Waals surface area contributed by atoms with Crippen molar-refractivity contribution in [2.45, 2.75) is 13.8 Å². The standard InChI is InChI=1S/C16H17BrN2O4S/c1-5-22-12-6-10(11(17)8-13(12)23-9(2)20)7-14-15(21)19(4)16(18-3)24-14/h6-8H,5H2,1-4H3/b14-7+,18-16?. The Labute approximate surface area is 153 Å². The maximum atomic E-state index is 12.3. The van der Waals surface area contributed by atoms with Crippen molar-refractivity contribution in [3.63, 3.8) is 0 Å². The third kappa shape index (κ3) is 3.99. The van der Waals surface area contributed by atoms with E-state index < -0.39 is 5.97 Å². The molecule has 0 bridgehead atoms. The number of carbonyl (C=O) groups is 2. The summed E-state index contributed by atoms with van der Waals surface area (Å²) < 4.78 is 11.4. The zero-order valence-electron chi connectivity index (χ0n) is 13.8. The van der Waals surface area contributed by atoms with E-state index in [-0.39, 0.29) is 5.91 Å². The zero-order chi connectivity index (χ0) is 17.9. The SMILES string of the molecule is CCOc1cc(/C=C2/SC(=NC)N(C)C2=O)c(Br)cc1OC(C)=O. The Morgan fingerprint density at radius 2 is 2.12 bits per heavy atom. The lowest BCUT2D eigenvalue weighted by atomic mass is 10.2. The summed E-state index contributed by atoms with van der Waals surface area (Å²) in [7, 11) is 3.33. The van der Waals surface area contributed by atoms with Gasteiger partial charge in [-0.1, -0.05) is 15.9 Å². The van der Waals surface area contributed by atoms with Crippen LogP contribution in [-0.4, -0.2) is 42.6 Å². The molecule has 0 spiro atoms. The molecule has 1 heterocycles. The number of nitrogens with zero attached hydrogens (tertiary/aromatic N) is 2. The first kappa shape index (κ1) is 18.5. The summed E-state index contributed by atoms with van der Waals surface area (Å²) in [5.74, 6) is 0.225. The normalized spacial score (nSPS) is 17.7. The van der Waals surface area contributed by atoms with Gasteiger partial charge in [0, 0.05) is 25.5 Å². The van der Waals surface area contributed by atoms with Gasteiger partial charge in [0.1, 0.15) is 0 Å². The Bertz CT molecular complexity index is 746. The number of hydrogen-bond donors (Lipinski definition) is 0. The molecule has 0 saturated carbocycles. The molecule has 1 aliphatic heterocycles. The summed E-state index contributed by atoms with van der Waals surface area (Å²) in [5, 5.41) is 0.643. The summed E-state index contributed by atoms with van der Waals surface area (Å²) in [6.07, 6.45) is 1.76. The quantitative estimate of drug-likeness (QED) is 0.431. The highest BCUT2D eigenvalue weighted by molar-refractivity contribution is 9.10. The first-order valence-corrected chi connectivity index (χ1v) is 8.77. The van der Waals surface area contributed by atoms with Gasteiger partial charge in [-0.15, -0.1) is 0 Å². The molecule has 1 saturated heterocycles. The Kier molecular flexibility index (Phi) is 6.06. The van der Waals surface area contributed by atoms with Crippen LogP contribution in [0.15, 0.2) is 26.5 Å². The van der Waals surface area contributed by atoms with Crippen molar-refractivity contribution in [1.82, 2.24) is 4.90 Å². The minimum atomic E-state index is -0.430. The topological polar surface area (TPSA) is 68.2 Å². The highest BCUT2D eigenvalue weighted by Crippen LogP contribution is 2.37. The van der Waals surface area contributed by atoms with Gasteiger partial charge >= 0.3 is 5.97 Å². The van der Waals surface area contributed by atoms with Gasteiger partial charge in [0.2, 0.25) is 0 Å². The molecule has 2 rings (SSSR count). The van der Waals surface area contributed by atoms with E-state index >= 15 is 0 Å². The summed E-state index contributed by atoms with van der Waals surface area (Å²) >= 11 is 4.75. The molecule has 24 heavy (non-hydrogen) atoms. The van der Waals surface area contributed by atoms with E-state index in [9.17, 15) is 9.59 Å². The molecule has 0 aliphatic carbocycles. The van der Waals surface area contributed by atoms with Gasteiger partial charge < -0.3 is 9.47 Å². The molecule has 0 radical (unpaired) electrons. The number of carbonyl (C=O) groups excluding carboxylic acids is 2. The number of hydrogen-bond acceptors (Lipinski definition) is 6. The second kappa shape index (κ2) is 7.85. The lowest BCUT2D eigenvalue weighted by Crippen LogP contribution is -2.23. The first-order valence-electron chi connectivity index (χ1n) is 7.16. The van der Waals surface area contributed by atoms with Gasteiger partial charge in [-0.05, 0) is 42.5 Å².